The quantitative estimate of drug-likeness (QED) is 0.933. The highest BCUT2D eigenvalue weighted by molar-refractivity contribution is 6.42. The molecule has 1 aliphatic heterocycles. The zero-order chi connectivity index (χ0) is 14.0. The van der Waals surface area contributed by atoms with Gasteiger partial charge in [-0.25, -0.2) is 0 Å². The van der Waals surface area contributed by atoms with Gasteiger partial charge in [-0.1, -0.05) is 23.2 Å². The first-order chi connectivity index (χ1) is 9.06. The highest BCUT2D eigenvalue weighted by Gasteiger charge is 2.28. The van der Waals surface area contributed by atoms with Crippen LogP contribution in [0, 0.1) is 5.92 Å². The summed E-state index contributed by atoms with van der Waals surface area (Å²) in [6.07, 6.45) is 0.936. The minimum absolute atomic E-state index is 0.0913. The third-order valence-electron chi connectivity index (χ3n) is 3.38. The van der Waals surface area contributed by atoms with Gasteiger partial charge in [0.15, 0.2) is 0 Å². The van der Waals surface area contributed by atoms with Crippen molar-refractivity contribution in [3.05, 3.63) is 27.7 Å². The summed E-state index contributed by atoms with van der Waals surface area (Å²) in [7, 11) is 1.50. The van der Waals surface area contributed by atoms with Gasteiger partial charge in [0.25, 0.3) is 5.91 Å². The number of nitrogens with zero attached hydrogens (tertiary/aromatic N) is 1. The minimum atomic E-state index is -0.0913. The van der Waals surface area contributed by atoms with E-state index in [4.69, 9.17) is 33.7 Å². The molecule has 2 rings (SSSR count). The number of halogens is 2. The number of hydrogen-bond donors (Lipinski definition) is 1. The van der Waals surface area contributed by atoms with Gasteiger partial charge in [-0.05, 0) is 24.9 Å². The molecule has 0 bridgehead atoms. The van der Waals surface area contributed by atoms with Gasteiger partial charge in [-0.15, -0.1) is 0 Å². The molecule has 4 nitrogen and oxygen atoms in total. The highest BCUT2D eigenvalue weighted by atomic mass is 35.5. The smallest absolute Gasteiger partial charge is 0.257 e. The van der Waals surface area contributed by atoms with Crippen LogP contribution in [0.2, 0.25) is 10.0 Å². The van der Waals surface area contributed by atoms with E-state index >= 15 is 0 Å². The Bertz CT molecular complexity index is 494. The maximum absolute atomic E-state index is 12.5. The molecule has 1 heterocycles. The zero-order valence-electron chi connectivity index (χ0n) is 10.7. The highest BCUT2D eigenvalue weighted by Crippen LogP contribution is 2.32. The standard InChI is InChI=1S/C13H16Cl2N2O2/c1-19-12-5-11(15)10(14)4-9(12)13(18)17-3-2-8(6-16)7-17/h4-5,8H,2-3,6-7,16H2,1H3/t8-/m0/s1. The van der Waals surface area contributed by atoms with E-state index in [9.17, 15) is 4.79 Å². The normalized spacial score (nSPS) is 18.7. The molecule has 0 aromatic heterocycles. The van der Waals surface area contributed by atoms with Gasteiger partial charge >= 0.3 is 0 Å². The van der Waals surface area contributed by atoms with Crippen molar-refractivity contribution in [3.63, 3.8) is 0 Å². The van der Waals surface area contributed by atoms with Crippen molar-refractivity contribution in [2.45, 2.75) is 6.42 Å². The number of amides is 1. The van der Waals surface area contributed by atoms with Crippen molar-refractivity contribution < 1.29 is 9.53 Å². The van der Waals surface area contributed by atoms with Crippen LogP contribution >= 0.6 is 23.2 Å². The number of nitrogens with two attached hydrogens (primary N) is 1. The largest absolute Gasteiger partial charge is 0.496 e. The monoisotopic (exact) mass is 302 g/mol. The van der Waals surface area contributed by atoms with Crippen LogP contribution in [-0.2, 0) is 0 Å². The molecule has 1 aliphatic rings. The molecule has 0 spiro atoms. The lowest BCUT2D eigenvalue weighted by molar-refractivity contribution is 0.0784. The molecule has 1 saturated heterocycles. The molecule has 0 radical (unpaired) electrons. The van der Waals surface area contributed by atoms with Gasteiger partial charge < -0.3 is 15.4 Å². The Labute approximate surface area is 122 Å². The summed E-state index contributed by atoms with van der Waals surface area (Å²) in [5.41, 5.74) is 6.07. The lowest BCUT2D eigenvalue weighted by atomic mass is 10.1. The van der Waals surface area contributed by atoms with Crippen LogP contribution in [0.3, 0.4) is 0 Å². The second kappa shape index (κ2) is 5.99. The Morgan fingerprint density at radius 2 is 2.16 bits per heavy atom. The summed E-state index contributed by atoms with van der Waals surface area (Å²) in [4.78, 5) is 14.2. The summed E-state index contributed by atoms with van der Waals surface area (Å²) in [6.45, 7) is 1.99. The third-order valence-corrected chi connectivity index (χ3v) is 4.10. The van der Waals surface area contributed by atoms with E-state index < -0.39 is 0 Å². The Morgan fingerprint density at radius 3 is 2.74 bits per heavy atom. The molecule has 0 aliphatic carbocycles. The topological polar surface area (TPSA) is 55.6 Å². The predicted molar refractivity (Wildman–Crippen MR) is 76.1 cm³/mol. The van der Waals surface area contributed by atoms with Crippen molar-refractivity contribution in [1.82, 2.24) is 4.90 Å². The number of ether oxygens (including phenoxy) is 1. The number of hydrogen-bond acceptors (Lipinski definition) is 3. The van der Waals surface area contributed by atoms with Gasteiger partial charge in [0, 0.05) is 19.2 Å². The lowest BCUT2D eigenvalue weighted by Crippen LogP contribution is -2.30. The van der Waals surface area contributed by atoms with E-state index in [-0.39, 0.29) is 5.91 Å². The Balaban J connectivity index is 2.26. The number of carbonyl (C=O) groups is 1. The van der Waals surface area contributed by atoms with Crippen LogP contribution in [0.15, 0.2) is 12.1 Å². The van der Waals surface area contributed by atoms with Gasteiger partial charge in [0.05, 0.1) is 22.7 Å². The molecule has 104 valence electrons. The van der Waals surface area contributed by atoms with E-state index in [0.29, 0.717) is 46.9 Å². The van der Waals surface area contributed by atoms with Crippen molar-refractivity contribution >= 4 is 29.1 Å². The molecule has 1 aromatic carbocycles. The van der Waals surface area contributed by atoms with Crippen molar-refractivity contribution in [2.24, 2.45) is 11.7 Å². The van der Waals surface area contributed by atoms with Gasteiger partial charge in [0.1, 0.15) is 5.75 Å². The van der Waals surface area contributed by atoms with Crippen LogP contribution in [0.25, 0.3) is 0 Å². The molecule has 19 heavy (non-hydrogen) atoms. The fourth-order valence-electron chi connectivity index (χ4n) is 2.24. The summed E-state index contributed by atoms with van der Waals surface area (Å²) in [5, 5.41) is 0.719. The van der Waals surface area contributed by atoms with Crippen LogP contribution < -0.4 is 10.5 Å². The fraction of sp³-hybridized carbons (Fsp3) is 0.462. The van der Waals surface area contributed by atoms with E-state index in [2.05, 4.69) is 0 Å². The van der Waals surface area contributed by atoms with Crippen LogP contribution in [0.4, 0.5) is 0 Å². The van der Waals surface area contributed by atoms with E-state index in [1.807, 2.05) is 0 Å². The van der Waals surface area contributed by atoms with Crippen molar-refractivity contribution in [3.8, 4) is 5.75 Å². The first-order valence-corrected chi connectivity index (χ1v) is 6.84. The summed E-state index contributed by atoms with van der Waals surface area (Å²) in [5.74, 6) is 0.722. The number of methoxy groups -OCH3 is 1. The number of rotatable bonds is 3. The summed E-state index contributed by atoms with van der Waals surface area (Å²) in [6, 6.07) is 3.12. The second-order valence-electron chi connectivity index (χ2n) is 4.61. The first kappa shape index (κ1) is 14.4. The van der Waals surface area contributed by atoms with E-state index in [1.165, 1.54) is 7.11 Å². The van der Waals surface area contributed by atoms with E-state index in [1.54, 1.807) is 17.0 Å². The van der Waals surface area contributed by atoms with Gasteiger partial charge in [-0.3, -0.25) is 4.79 Å². The van der Waals surface area contributed by atoms with Crippen LogP contribution in [0.1, 0.15) is 16.8 Å². The maximum Gasteiger partial charge on any atom is 0.257 e. The molecule has 6 heteroatoms. The zero-order valence-corrected chi connectivity index (χ0v) is 12.2. The van der Waals surface area contributed by atoms with Crippen LogP contribution in [0.5, 0.6) is 5.75 Å². The van der Waals surface area contributed by atoms with Crippen molar-refractivity contribution in [2.75, 3.05) is 26.7 Å². The molecule has 0 unspecified atom stereocenters. The first-order valence-electron chi connectivity index (χ1n) is 6.09. The molecule has 2 N–H and O–H groups in total. The average molecular weight is 303 g/mol. The number of likely N-dealkylation sites (tertiary alicyclic amines) is 1. The number of benzene rings is 1. The second-order valence-corrected chi connectivity index (χ2v) is 5.42. The molecular weight excluding hydrogens is 287 g/mol. The van der Waals surface area contributed by atoms with Crippen molar-refractivity contribution in [1.29, 1.82) is 0 Å². The minimum Gasteiger partial charge on any atom is -0.496 e. The Hall–Kier alpha value is -0.970. The van der Waals surface area contributed by atoms with Crippen LogP contribution in [-0.4, -0.2) is 37.6 Å². The molecule has 1 aromatic rings. The van der Waals surface area contributed by atoms with Gasteiger partial charge in [0.2, 0.25) is 0 Å². The van der Waals surface area contributed by atoms with E-state index in [0.717, 1.165) is 6.42 Å². The predicted octanol–water partition coefficient (Wildman–Crippen LogP) is 2.42. The SMILES string of the molecule is COc1cc(Cl)c(Cl)cc1C(=O)N1CC[C@@H](CN)C1. The Morgan fingerprint density at radius 1 is 1.47 bits per heavy atom. The Kier molecular flexibility index (Phi) is 4.55. The maximum atomic E-state index is 12.5. The molecule has 1 fully saturated rings. The lowest BCUT2D eigenvalue weighted by Gasteiger charge is -2.18. The fourth-order valence-corrected chi connectivity index (χ4v) is 2.56. The third kappa shape index (κ3) is 2.96. The summed E-state index contributed by atoms with van der Waals surface area (Å²) >= 11 is 11.9. The molecular formula is C13H16Cl2N2O2. The summed E-state index contributed by atoms with van der Waals surface area (Å²) < 4.78 is 5.20. The molecule has 1 amide bonds. The molecule has 0 saturated carbocycles. The average Bonchev–Trinajstić information content (AvgIpc) is 2.89. The van der Waals surface area contributed by atoms with Gasteiger partial charge in [-0.2, -0.15) is 0 Å². The number of carbonyl (C=O) groups excluding carboxylic acids is 1. The molecule has 1 atom stereocenters.